The number of H-pyrrole nitrogens is 2. The van der Waals surface area contributed by atoms with E-state index in [-0.39, 0.29) is 10.8 Å². The first-order chi connectivity index (χ1) is 12.1. The van der Waals surface area contributed by atoms with Crippen molar-refractivity contribution in [2.24, 2.45) is 0 Å². The zero-order valence-electron chi connectivity index (χ0n) is 16.6. The first kappa shape index (κ1) is 17.0. The summed E-state index contributed by atoms with van der Waals surface area (Å²) >= 11 is 0. The predicted molar refractivity (Wildman–Crippen MR) is 113 cm³/mol. The van der Waals surface area contributed by atoms with Crippen LogP contribution in [0.25, 0.3) is 33.1 Å². The third kappa shape index (κ3) is 2.74. The third-order valence-corrected chi connectivity index (χ3v) is 5.26. The molecule has 0 aliphatic rings. The van der Waals surface area contributed by atoms with E-state index < -0.39 is 0 Å². The summed E-state index contributed by atoms with van der Waals surface area (Å²) in [5.74, 6) is 0. The van der Waals surface area contributed by atoms with Gasteiger partial charge in [-0.1, -0.05) is 65.8 Å². The molecule has 0 unspecified atom stereocenters. The monoisotopic (exact) mass is 344 g/mol. The summed E-state index contributed by atoms with van der Waals surface area (Å²) in [4.78, 5) is 7.13. The number of hydrogen-bond donors (Lipinski definition) is 2. The van der Waals surface area contributed by atoms with Gasteiger partial charge in [-0.3, -0.25) is 0 Å². The highest BCUT2D eigenvalue weighted by Gasteiger charge is 2.23. The minimum Gasteiger partial charge on any atom is -0.361 e. The maximum atomic E-state index is 3.68. The number of rotatable bonds is 1. The molecule has 0 atom stereocenters. The Balaban J connectivity index is 1.95. The third-order valence-electron chi connectivity index (χ3n) is 5.26. The molecule has 2 aromatic heterocycles. The van der Waals surface area contributed by atoms with E-state index in [4.69, 9.17) is 0 Å². The molecule has 0 fully saturated rings. The number of aromatic nitrogens is 2. The molecule has 2 N–H and O–H groups in total. The van der Waals surface area contributed by atoms with Gasteiger partial charge < -0.3 is 9.97 Å². The molecule has 0 radical (unpaired) electrons. The maximum absolute atomic E-state index is 3.68. The summed E-state index contributed by atoms with van der Waals surface area (Å²) in [5, 5.41) is 2.53. The van der Waals surface area contributed by atoms with Gasteiger partial charge >= 0.3 is 0 Å². The van der Waals surface area contributed by atoms with Gasteiger partial charge in [0.25, 0.3) is 0 Å². The molecule has 2 nitrogen and oxygen atoms in total. The van der Waals surface area contributed by atoms with Crippen molar-refractivity contribution in [3.63, 3.8) is 0 Å². The Bertz CT molecular complexity index is 1090. The maximum Gasteiger partial charge on any atom is 0.0498 e. The molecule has 0 bridgehead atoms. The van der Waals surface area contributed by atoms with Gasteiger partial charge in [0.05, 0.1) is 0 Å². The van der Waals surface area contributed by atoms with Gasteiger partial charge in [0.2, 0.25) is 0 Å². The Morgan fingerprint density at radius 3 is 2.15 bits per heavy atom. The fourth-order valence-electron chi connectivity index (χ4n) is 3.87. The van der Waals surface area contributed by atoms with Gasteiger partial charge in [-0.15, -0.1) is 0 Å². The number of benzene rings is 2. The Morgan fingerprint density at radius 1 is 0.731 bits per heavy atom. The molecule has 134 valence electrons. The van der Waals surface area contributed by atoms with Gasteiger partial charge in [0, 0.05) is 33.9 Å². The molecule has 0 spiro atoms. The number of fused-ring (bicyclic) bond motifs is 2. The standard InChI is InChI=1S/C24H28N2/c1-23(2,3)17-9-7-16-13-20(26-19(16)14-17)18-10-8-15-11-12-25-22(15)21(18)24(4,5)6/h7-14,25-26H,1-6H3. The highest BCUT2D eigenvalue weighted by molar-refractivity contribution is 5.93. The summed E-state index contributed by atoms with van der Waals surface area (Å²) in [7, 11) is 0. The molecule has 4 rings (SSSR count). The van der Waals surface area contributed by atoms with Crippen molar-refractivity contribution in [3.05, 3.63) is 59.8 Å². The van der Waals surface area contributed by atoms with Crippen molar-refractivity contribution in [1.29, 1.82) is 0 Å². The Kier molecular flexibility index (Phi) is 3.59. The van der Waals surface area contributed by atoms with Crippen molar-refractivity contribution in [2.45, 2.75) is 52.4 Å². The molecule has 4 aromatic rings. The number of hydrogen-bond acceptors (Lipinski definition) is 0. The second-order valence-electron chi connectivity index (χ2n) is 9.42. The molecule has 0 saturated heterocycles. The van der Waals surface area contributed by atoms with Gasteiger partial charge in [-0.05, 0) is 45.5 Å². The van der Waals surface area contributed by atoms with Gasteiger partial charge in [-0.25, -0.2) is 0 Å². The van der Waals surface area contributed by atoms with Crippen molar-refractivity contribution in [2.75, 3.05) is 0 Å². The molecule has 0 amide bonds. The molecule has 2 aromatic carbocycles. The zero-order valence-corrected chi connectivity index (χ0v) is 16.6. The van der Waals surface area contributed by atoms with E-state index in [1.807, 2.05) is 6.20 Å². The number of nitrogens with one attached hydrogen (secondary N) is 2. The fourth-order valence-corrected chi connectivity index (χ4v) is 3.87. The molecule has 2 heterocycles. The summed E-state index contributed by atoms with van der Waals surface area (Å²) in [5.41, 5.74) is 7.83. The van der Waals surface area contributed by atoms with Crippen LogP contribution in [0.15, 0.2) is 48.7 Å². The van der Waals surface area contributed by atoms with Crippen LogP contribution in [0.4, 0.5) is 0 Å². The van der Waals surface area contributed by atoms with E-state index in [1.54, 1.807) is 0 Å². The lowest BCUT2D eigenvalue weighted by Crippen LogP contribution is -2.13. The van der Waals surface area contributed by atoms with E-state index in [1.165, 1.54) is 44.2 Å². The minimum atomic E-state index is 0.0492. The molecule has 0 aliphatic heterocycles. The van der Waals surface area contributed by atoms with Crippen LogP contribution in [0.1, 0.15) is 52.7 Å². The molecular formula is C24H28N2. The van der Waals surface area contributed by atoms with Crippen LogP contribution >= 0.6 is 0 Å². The predicted octanol–water partition coefficient (Wildman–Crippen LogP) is 6.91. The van der Waals surface area contributed by atoms with E-state index in [0.29, 0.717) is 0 Å². The lowest BCUT2D eigenvalue weighted by molar-refractivity contribution is 0.591. The smallest absolute Gasteiger partial charge is 0.0498 e. The van der Waals surface area contributed by atoms with Crippen LogP contribution in [0.3, 0.4) is 0 Å². The van der Waals surface area contributed by atoms with E-state index in [9.17, 15) is 0 Å². The van der Waals surface area contributed by atoms with Crippen LogP contribution < -0.4 is 0 Å². The Hall–Kier alpha value is -2.48. The topological polar surface area (TPSA) is 31.6 Å². The lowest BCUT2D eigenvalue weighted by Gasteiger charge is -2.23. The average molecular weight is 345 g/mol. The second kappa shape index (κ2) is 5.51. The fraction of sp³-hybridized carbons (Fsp3) is 0.333. The Morgan fingerprint density at radius 2 is 1.46 bits per heavy atom. The summed E-state index contributed by atoms with van der Waals surface area (Å²) in [6.07, 6.45) is 2.03. The summed E-state index contributed by atoms with van der Waals surface area (Å²) in [6, 6.07) is 15.7. The van der Waals surface area contributed by atoms with Gasteiger partial charge in [0.1, 0.15) is 0 Å². The Labute approximate surface area is 155 Å². The van der Waals surface area contributed by atoms with E-state index >= 15 is 0 Å². The van der Waals surface area contributed by atoms with Crippen LogP contribution in [0.2, 0.25) is 0 Å². The van der Waals surface area contributed by atoms with E-state index in [2.05, 4.69) is 94.0 Å². The lowest BCUT2D eigenvalue weighted by atomic mass is 9.81. The number of aromatic amines is 2. The SMILES string of the molecule is CC(C)(C)c1ccc2cc(-c3ccc4cc[nH]c4c3C(C)(C)C)[nH]c2c1. The van der Waals surface area contributed by atoms with Gasteiger partial charge in [0.15, 0.2) is 0 Å². The normalized spacial score (nSPS) is 13.0. The summed E-state index contributed by atoms with van der Waals surface area (Å²) < 4.78 is 0. The molecule has 2 heteroatoms. The first-order valence-corrected chi connectivity index (χ1v) is 9.39. The van der Waals surface area contributed by atoms with Crippen molar-refractivity contribution in [3.8, 4) is 11.3 Å². The second-order valence-corrected chi connectivity index (χ2v) is 9.42. The molecule has 0 aliphatic carbocycles. The highest BCUT2D eigenvalue weighted by Crippen LogP contribution is 2.39. The first-order valence-electron chi connectivity index (χ1n) is 9.39. The quantitative estimate of drug-likeness (QED) is 0.376. The molecule has 0 saturated carbocycles. The van der Waals surface area contributed by atoms with Crippen molar-refractivity contribution in [1.82, 2.24) is 9.97 Å². The van der Waals surface area contributed by atoms with Crippen molar-refractivity contribution >= 4 is 21.8 Å². The van der Waals surface area contributed by atoms with E-state index in [0.717, 1.165) is 0 Å². The van der Waals surface area contributed by atoms with Crippen molar-refractivity contribution < 1.29 is 0 Å². The minimum absolute atomic E-state index is 0.0492. The van der Waals surface area contributed by atoms with Crippen LogP contribution in [-0.2, 0) is 10.8 Å². The molecular weight excluding hydrogens is 316 g/mol. The zero-order chi connectivity index (χ0) is 18.7. The van der Waals surface area contributed by atoms with Crippen LogP contribution in [-0.4, -0.2) is 9.97 Å². The van der Waals surface area contributed by atoms with Gasteiger partial charge in [-0.2, -0.15) is 0 Å². The van der Waals surface area contributed by atoms with Crippen LogP contribution in [0, 0.1) is 0 Å². The largest absolute Gasteiger partial charge is 0.361 e. The van der Waals surface area contributed by atoms with Crippen LogP contribution in [0.5, 0.6) is 0 Å². The summed E-state index contributed by atoms with van der Waals surface area (Å²) in [6.45, 7) is 13.6. The average Bonchev–Trinajstić information content (AvgIpc) is 3.17. The molecule has 26 heavy (non-hydrogen) atoms. The highest BCUT2D eigenvalue weighted by atomic mass is 14.7.